The van der Waals surface area contributed by atoms with Crippen LogP contribution in [-0.4, -0.2) is 32.5 Å². The molecule has 23 heavy (non-hydrogen) atoms. The lowest BCUT2D eigenvalue weighted by atomic mass is 10.1. The Bertz CT molecular complexity index is 623. The third-order valence-electron chi connectivity index (χ3n) is 4.12. The Labute approximate surface area is 140 Å². The summed E-state index contributed by atoms with van der Waals surface area (Å²) in [5.41, 5.74) is 1.29. The molecule has 1 saturated carbocycles. The number of nitrogens with one attached hydrogen (secondary N) is 1. The molecule has 1 aliphatic carbocycles. The first-order valence-corrected chi connectivity index (χ1v) is 9.14. The second kappa shape index (κ2) is 8.15. The lowest BCUT2D eigenvalue weighted by molar-refractivity contribution is -0.119. The number of nitrogens with zero attached hydrogens (tertiary/aromatic N) is 3. The van der Waals surface area contributed by atoms with Gasteiger partial charge in [-0.25, -0.2) is 0 Å². The fourth-order valence-electron chi connectivity index (χ4n) is 2.87. The third kappa shape index (κ3) is 4.82. The van der Waals surface area contributed by atoms with Crippen LogP contribution in [0.25, 0.3) is 0 Å². The van der Waals surface area contributed by atoms with Crippen LogP contribution in [0.15, 0.2) is 41.8 Å². The normalized spacial score (nSPS) is 15.0. The van der Waals surface area contributed by atoms with E-state index >= 15 is 0 Å². The van der Waals surface area contributed by atoms with Gasteiger partial charge in [-0.15, -0.1) is 10.2 Å². The fourth-order valence-corrected chi connectivity index (χ4v) is 3.63. The van der Waals surface area contributed by atoms with Crippen LogP contribution in [0.4, 0.5) is 0 Å². The Morgan fingerprint density at radius 1 is 1.26 bits per heavy atom. The van der Waals surface area contributed by atoms with E-state index in [0.29, 0.717) is 11.8 Å². The number of hydrogen-bond donors (Lipinski definition) is 1. The molecular weight excluding hydrogens is 308 g/mol. The van der Waals surface area contributed by atoms with Crippen molar-refractivity contribution in [3.8, 4) is 0 Å². The molecule has 6 heteroatoms. The standard InChI is InChI=1S/C17H22N4OS/c22-16(19-15-8-4-5-9-15)12-23-17-20-18-13-21(17)11-10-14-6-2-1-3-7-14/h1-3,6-7,13,15H,4-5,8-12H2,(H,19,22). The smallest absolute Gasteiger partial charge is 0.230 e. The van der Waals surface area contributed by atoms with Gasteiger partial charge in [0.25, 0.3) is 0 Å². The summed E-state index contributed by atoms with van der Waals surface area (Å²) in [5.74, 6) is 0.500. The number of aryl methyl sites for hydroxylation is 2. The highest BCUT2D eigenvalue weighted by Crippen LogP contribution is 2.19. The molecule has 0 spiro atoms. The monoisotopic (exact) mass is 330 g/mol. The number of amides is 1. The molecule has 0 unspecified atom stereocenters. The van der Waals surface area contributed by atoms with Crippen molar-refractivity contribution in [2.75, 3.05) is 5.75 Å². The van der Waals surface area contributed by atoms with E-state index in [4.69, 9.17) is 0 Å². The van der Waals surface area contributed by atoms with Gasteiger partial charge in [0.2, 0.25) is 5.91 Å². The van der Waals surface area contributed by atoms with Crippen LogP contribution in [0.3, 0.4) is 0 Å². The van der Waals surface area contributed by atoms with E-state index in [1.165, 1.54) is 30.2 Å². The van der Waals surface area contributed by atoms with E-state index in [1.807, 2.05) is 22.8 Å². The van der Waals surface area contributed by atoms with Crippen molar-refractivity contribution in [2.24, 2.45) is 0 Å². The van der Waals surface area contributed by atoms with Gasteiger partial charge >= 0.3 is 0 Å². The van der Waals surface area contributed by atoms with Gasteiger partial charge in [-0.2, -0.15) is 0 Å². The highest BCUT2D eigenvalue weighted by Gasteiger charge is 2.17. The van der Waals surface area contributed by atoms with Gasteiger partial charge in [0.1, 0.15) is 6.33 Å². The van der Waals surface area contributed by atoms with Gasteiger partial charge in [0.05, 0.1) is 5.75 Å². The third-order valence-corrected chi connectivity index (χ3v) is 5.10. The minimum Gasteiger partial charge on any atom is -0.353 e. The summed E-state index contributed by atoms with van der Waals surface area (Å²) >= 11 is 1.46. The molecule has 0 bridgehead atoms. The lowest BCUT2D eigenvalue weighted by Crippen LogP contribution is -2.33. The van der Waals surface area contributed by atoms with Crippen LogP contribution in [-0.2, 0) is 17.8 Å². The average Bonchev–Trinajstić information content (AvgIpc) is 3.23. The molecule has 122 valence electrons. The molecule has 1 aromatic carbocycles. The van der Waals surface area contributed by atoms with E-state index in [1.54, 1.807) is 6.33 Å². The molecule has 1 fully saturated rings. The summed E-state index contributed by atoms with van der Waals surface area (Å²) in [7, 11) is 0. The molecule has 5 nitrogen and oxygen atoms in total. The van der Waals surface area contributed by atoms with Gasteiger partial charge in [-0.1, -0.05) is 54.9 Å². The molecule has 3 rings (SSSR count). The maximum Gasteiger partial charge on any atom is 0.230 e. The topological polar surface area (TPSA) is 59.8 Å². The molecule has 0 saturated heterocycles. The minimum atomic E-state index is 0.0968. The molecule has 1 N–H and O–H groups in total. The van der Waals surface area contributed by atoms with Crippen LogP contribution in [0, 0.1) is 0 Å². The highest BCUT2D eigenvalue weighted by molar-refractivity contribution is 7.99. The number of hydrogen-bond acceptors (Lipinski definition) is 4. The van der Waals surface area contributed by atoms with Crippen LogP contribution < -0.4 is 5.32 Å². The van der Waals surface area contributed by atoms with Gasteiger partial charge < -0.3 is 9.88 Å². The van der Waals surface area contributed by atoms with E-state index in [-0.39, 0.29) is 5.91 Å². The van der Waals surface area contributed by atoms with Crippen LogP contribution in [0.2, 0.25) is 0 Å². The van der Waals surface area contributed by atoms with E-state index in [0.717, 1.165) is 31.0 Å². The average molecular weight is 330 g/mol. The Morgan fingerprint density at radius 2 is 2.04 bits per heavy atom. The summed E-state index contributed by atoms with van der Waals surface area (Å²) in [6.07, 6.45) is 7.35. The Kier molecular flexibility index (Phi) is 5.69. The molecule has 1 amide bonds. The van der Waals surface area contributed by atoms with Crippen molar-refractivity contribution in [2.45, 2.75) is 49.8 Å². The van der Waals surface area contributed by atoms with Gasteiger partial charge in [-0.05, 0) is 24.8 Å². The Morgan fingerprint density at radius 3 is 2.83 bits per heavy atom. The molecule has 1 heterocycles. The van der Waals surface area contributed by atoms with Gasteiger partial charge in [0, 0.05) is 12.6 Å². The maximum atomic E-state index is 12.0. The second-order valence-corrected chi connectivity index (χ2v) is 6.82. The minimum absolute atomic E-state index is 0.0968. The van der Waals surface area contributed by atoms with Crippen LogP contribution in [0.1, 0.15) is 31.2 Å². The first-order valence-electron chi connectivity index (χ1n) is 8.15. The fraction of sp³-hybridized carbons (Fsp3) is 0.471. The number of carbonyl (C=O) groups is 1. The van der Waals surface area contributed by atoms with Gasteiger partial charge in [0.15, 0.2) is 5.16 Å². The van der Waals surface area contributed by atoms with E-state index in [9.17, 15) is 4.79 Å². The first kappa shape index (κ1) is 16.1. The molecule has 1 aromatic heterocycles. The van der Waals surface area contributed by atoms with Crippen molar-refractivity contribution >= 4 is 17.7 Å². The molecular formula is C17H22N4OS. The summed E-state index contributed by atoms with van der Waals surface area (Å²) in [5, 5.41) is 12.0. The summed E-state index contributed by atoms with van der Waals surface area (Å²) in [6.45, 7) is 0.823. The predicted octanol–water partition coefficient (Wildman–Crippen LogP) is 2.67. The van der Waals surface area contributed by atoms with E-state index < -0.39 is 0 Å². The summed E-state index contributed by atoms with van der Waals surface area (Å²) in [4.78, 5) is 12.0. The van der Waals surface area contributed by atoms with Crippen LogP contribution >= 0.6 is 11.8 Å². The zero-order valence-corrected chi connectivity index (χ0v) is 14.0. The van der Waals surface area contributed by atoms with Crippen molar-refractivity contribution in [1.29, 1.82) is 0 Å². The molecule has 2 aromatic rings. The molecule has 0 aliphatic heterocycles. The SMILES string of the molecule is O=C(CSc1nncn1CCc1ccccc1)NC1CCCC1. The van der Waals surface area contributed by atoms with Gasteiger partial charge in [-0.3, -0.25) is 4.79 Å². The number of rotatable bonds is 7. The first-order chi connectivity index (χ1) is 11.3. The summed E-state index contributed by atoms with van der Waals surface area (Å²) in [6, 6.07) is 10.7. The second-order valence-electron chi connectivity index (χ2n) is 5.88. The van der Waals surface area contributed by atoms with Crippen molar-refractivity contribution in [1.82, 2.24) is 20.1 Å². The van der Waals surface area contributed by atoms with Crippen molar-refractivity contribution in [3.05, 3.63) is 42.2 Å². The number of benzene rings is 1. The largest absolute Gasteiger partial charge is 0.353 e. The molecule has 1 aliphatic rings. The van der Waals surface area contributed by atoms with Crippen molar-refractivity contribution in [3.63, 3.8) is 0 Å². The highest BCUT2D eigenvalue weighted by atomic mass is 32.2. The Balaban J connectivity index is 1.47. The number of carbonyl (C=O) groups excluding carboxylic acids is 1. The van der Waals surface area contributed by atoms with E-state index in [2.05, 4.69) is 27.6 Å². The zero-order valence-electron chi connectivity index (χ0n) is 13.1. The molecule has 0 atom stereocenters. The van der Waals surface area contributed by atoms with Crippen LogP contribution in [0.5, 0.6) is 0 Å². The Hall–Kier alpha value is -1.82. The lowest BCUT2D eigenvalue weighted by Gasteiger charge is -2.11. The predicted molar refractivity (Wildman–Crippen MR) is 91.3 cm³/mol. The number of thioether (sulfide) groups is 1. The quantitative estimate of drug-likeness (QED) is 0.793. The molecule has 0 radical (unpaired) electrons. The summed E-state index contributed by atoms with van der Waals surface area (Å²) < 4.78 is 2.01. The zero-order chi connectivity index (χ0) is 15.9. The number of aromatic nitrogens is 3. The maximum absolute atomic E-state index is 12.0. The van der Waals surface area contributed by atoms with Crippen molar-refractivity contribution < 1.29 is 4.79 Å².